The third-order valence-corrected chi connectivity index (χ3v) is 2.26. The number of H-pyrrole nitrogens is 1. The molecule has 0 aliphatic carbocycles. The van der Waals surface area contributed by atoms with Crippen LogP contribution in [0.25, 0.3) is 5.78 Å². The number of aromatic nitrogens is 3. The fourth-order valence-corrected chi connectivity index (χ4v) is 1.58. The summed E-state index contributed by atoms with van der Waals surface area (Å²) < 4.78 is 2.07. The van der Waals surface area contributed by atoms with Gasteiger partial charge in [-0.05, 0) is 20.4 Å². The van der Waals surface area contributed by atoms with Crippen LogP contribution in [0.5, 0.6) is 0 Å². The first-order chi connectivity index (χ1) is 6.22. The van der Waals surface area contributed by atoms with E-state index in [1.165, 1.54) is 5.69 Å². The summed E-state index contributed by atoms with van der Waals surface area (Å²) in [4.78, 5) is 7.64. The Balaban J connectivity index is 2.56. The van der Waals surface area contributed by atoms with Crippen LogP contribution in [0.3, 0.4) is 0 Å². The first-order valence-electron chi connectivity index (χ1n) is 4.45. The summed E-state index contributed by atoms with van der Waals surface area (Å²) in [7, 11) is 0. The lowest BCUT2D eigenvalue weighted by molar-refractivity contribution is 0.918. The Hall–Kier alpha value is -1.29. The minimum Gasteiger partial charge on any atom is -0.330 e. The molecule has 0 bridgehead atoms. The molecule has 4 nitrogen and oxygen atoms in total. The molecular formula is C9H14N4. The molecule has 13 heavy (non-hydrogen) atoms. The van der Waals surface area contributed by atoms with Crippen LogP contribution in [0.1, 0.15) is 17.1 Å². The van der Waals surface area contributed by atoms with E-state index in [1.54, 1.807) is 0 Å². The van der Waals surface area contributed by atoms with E-state index in [0.717, 1.165) is 23.6 Å². The zero-order chi connectivity index (χ0) is 9.42. The number of hydrogen-bond donors (Lipinski definition) is 2. The lowest BCUT2D eigenvalue weighted by Crippen LogP contribution is -2.04. The highest BCUT2D eigenvalue weighted by molar-refractivity contribution is 5.37. The van der Waals surface area contributed by atoms with Crippen LogP contribution in [-0.2, 0) is 6.42 Å². The SMILES string of the molecule is Cc1cn2c(C)c(CCN)nc2[nH]1. The molecular weight excluding hydrogens is 164 g/mol. The molecule has 2 rings (SSSR count). The Morgan fingerprint density at radius 1 is 1.54 bits per heavy atom. The van der Waals surface area contributed by atoms with Crippen molar-refractivity contribution in [2.75, 3.05) is 6.54 Å². The molecule has 70 valence electrons. The molecule has 2 heterocycles. The summed E-state index contributed by atoms with van der Waals surface area (Å²) in [6, 6.07) is 0. The number of nitrogens with two attached hydrogens (primary N) is 1. The molecule has 2 aromatic rings. The Labute approximate surface area is 76.8 Å². The van der Waals surface area contributed by atoms with Crippen LogP contribution in [-0.4, -0.2) is 20.9 Å². The van der Waals surface area contributed by atoms with E-state index in [9.17, 15) is 0 Å². The summed E-state index contributed by atoms with van der Waals surface area (Å²) in [5.74, 6) is 0.915. The highest BCUT2D eigenvalue weighted by Crippen LogP contribution is 2.11. The molecule has 0 saturated carbocycles. The predicted octanol–water partition coefficient (Wildman–Crippen LogP) is 0.780. The Morgan fingerprint density at radius 2 is 2.31 bits per heavy atom. The summed E-state index contributed by atoms with van der Waals surface area (Å²) in [5.41, 5.74) is 8.90. The number of nitrogens with one attached hydrogen (secondary N) is 1. The highest BCUT2D eigenvalue weighted by Gasteiger charge is 2.08. The van der Waals surface area contributed by atoms with Gasteiger partial charge in [-0.1, -0.05) is 0 Å². The van der Waals surface area contributed by atoms with Crippen LogP contribution in [0, 0.1) is 13.8 Å². The molecule has 0 aromatic carbocycles. The average Bonchev–Trinajstić information content (AvgIpc) is 2.54. The smallest absolute Gasteiger partial charge is 0.211 e. The van der Waals surface area contributed by atoms with Gasteiger partial charge in [0.1, 0.15) is 0 Å². The van der Waals surface area contributed by atoms with Crippen molar-refractivity contribution in [2.24, 2.45) is 5.73 Å². The molecule has 0 atom stereocenters. The molecule has 0 fully saturated rings. The molecule has 4 heteroatoms. The van der Waals surface area contributed by atoms with E-state index < -0.39 is 0 Å². The molecule has 0 saturated heterocycles. The van der Waals surface area contributed by atoms with Crippen LogP contribution >= 0.6 is 0 Å². The van der Waals surface area contributed by atoms with Gasteiger partial charge in [-0.15, -0.1) is 0 Å². The van der Waals surface area contributed by atoms with Crippen LogP contribution in [0.4, 0.5) is 0 Å². The van der Waals surface area contributed by atoms with Gasteiger partial charge in [0.2, 0.25) is 5.78 Å². The van der Waals surface area contributed by atoms with Gasteiger partial charge in [0, 0.05) is 24.0 Å². The van der Waals surface area contributed by atoms with Gasteiger partial charge in [-0.25, -0.2) is 4.98 Å². The first kappa shape index (κ1) is 8.31. The van der Waals surface area contributed by atoms with Crippen molar-refractivity contribution in [3.63, 3.8) is 0 Å². The van der Waals surface area contributed by atoms with Crippen LogP contribution < -0.4 is 5.73 Å². The van der Waals surface area contributed by atoms with E-state index >= 15 is 0 Å². The van der Waals surface area contributed by atoms with Crippen molar-refractivity contribution in [2.45, 2.75) is 20.3 Å². The van der Waals surface area contributed by atoms with Crippen molar-refractivity contribution in [3.05, 3.63) is 23.3 Å². The first-order valence-corrected chi connectivity index (χ1v) is 4.45. The van der Waals surface area contributed by atoms with E-state index in [1.807, 2.05) is 6.92 Å². The Morgan fingerprint density at radius 3 is 2.92 bits per heavy atom. The Bertz CT molecular complexity index is 424. The molecule has 0 unspecified atom stereocenters. The standard InChI is InChI=1S/C9H14N4/c1-6-5-13-7(2)8(3-4-10)12-9(13)11-6/h5H,3-4,10H2,1-2H3,(H,11,12). The van der Waals surface area contributed by atoms with Crippen LogP contribution in [0.15, 0.2) is 6.20 Å². The van der Waals surface area contributed by atoms with Crippen molar-refractivity contribution in [1.82, 2.24) is 14.4 Å². The molecule has 2 aromatic heterocycles. The molecule has 3 N–H and O–H groups in total. The number of hydrogen-bond acceptors (Lipinski definition) is 2. The number of aryl methyl sites for hydroxylation is 2. The quantitative estimate of drug-likeness (QED) is 0.714. The zero-order valence-corrected chi connectivity index (χ0v) is 7.96. The summed E-state index contributed by atoms with van der Waals surface area (Å²) >= 11 is 0. The topological polar surface area (TPSA) is 59.1 Å². The number of fused-ring (bicyclic) bond motifs is 1. The summed E-state index contributed by atoms with van der Waals surface area (Å²) in [6.07, 6.45) is 2.90. The molecule has 0 aliphatic heterocycles. The highest BCUT2D eigenvalue weighted by atomic mass is 15.1. The van der Waals surface area contributed by atoms with Gasteiger partial charge in [-0.2, -0.15) is 0 Å². The van der Waals surface area contributed by atoms with E-state index in [0.29, 0.717) is 6.54 Å². The third-order valence-electron chi connectivity index (χ3n) is 2.26. The third kappa shape index (κ3) is 1.23. The normalized spacial score (nSPS) is 11.3. The van der Waals surface area contributed by atoms with Gasteiger partial charge in [0.05, 0.1) is 5.69 Å². The second kappa shape index (κ2) is 2.88. The monoisotopic (exact) mass is 178 g/mol. The van der Waals surface area contributed by atoms with Crippen molar-refractivity contribution in [3.8, 4) is 0 Å². The predicted molar refractivity (Wildman–Crippen MR) is 51.8 cm³/mol. The van der Waals surface area contributed by atoms with Crippen molar-refractivity contribution < 1.29 is 0 Å². The largest absolute Gasteiger partial charge is 0.330 e. The fraction of sp³-hybridized carbons (Fsp3) is 0.444. The molecule has 0 amide bonds. The van der Waals surface area contributed by atoms with Crippen molar-refractivity contribution in [1.29, 1.82) is 0 Å². The zero-order valence-electron chi connectivity index (χ0n) is 7.96. The van der Waals surface area contributed by atoms with E-state index in [4.69, 9.17) is 5.73 Å². The average molecular weight is 178 g/mol. The van der Waals surface area contributed by atoms with Gasteiger partial charge in [-0.3, -0.25) is 4.40 Å². The number of aromatic amines is 1. The van der Waals surface area contributed by atoms with Gasteiger partial charge in [0.15, 0.2) is 0 Å². The van der Waals surface area contributed by atoms with Gasteiger partial charge >= 0.3 is 0 Å². The van der Waals surface area contributed by atoms with E-state index in [2.05, 4.69) is 27.5 Å². The fourth-order valence-electron chi connectivity index (χ4n) is 1.58. The van der Waals surface area contributed by atoms with E-state index in [-0.39, 0.29) is 0 Å². The maximum absolute atomic E-state index is 5.49. The van der Waals surface area contributed by atoms with Crippen LogP contribution in [0.2, 0.25) is 0 Å². The second-order valence-electron chi connectivity index (χ2n) is 3.31. The van der Waals surface area contributed by atoms with Crippen molar-refractivity contribution >= 4 is 5.78 Å². The second-order valence-corrected chi connectivity index (χ2v) is 3.31. The van der Waals surface area contributed by atoms with Gasteiger partial charge < -0.3 is 10.7 Å². The minimum atomic E-state index is 0.653. The number of imidazole rings is 2. The Kier molecular flexibility index (Phi) is 1.84. The minimum absolute atomic E-state index is 0.653. The lowest BCUT2D eigenvalue weighted by atomic mass is 10.2. The lowest BCUT2D eigenvalue weighted by Gasteiger charge is -1.93. The van der Waals surface area contributed by atoms with Gasteiger partial charge in [0.25, 0.3) is 0 Å². The summed E-state index contributed by atoms with van der Waals surface area (Å²) in [6.45, 7) is 4.75. The summed E-state index contributed by atoms with van der Waals surface area (Å²) in [5, 5.41) is 0. The number of rotatable bonds is 2. The molecule has 0 radical (unpaired) electrons. The molecule has 0 spiro atoms. The molecule has 0 aliphatic rings. The maximum Gasteiger partial charge on any atom is 0.211 e. The number of nitrogens with zero attached hydrogens (tertiary/aromatic N) is 2. The maximum atomic E-state index is 5.49.